The summed E-state index contributed by atoms with van der Waals surface area (Å²) in [6.45, 7) is 11.7. The fourth-order valence-corrected chi connectivity index (χ4v) is 2.89. The Bertz CT molecular complexity index is 650. The van der Waals surface area contributed by atoms with Gasteiger partial charge in [-0.05, 0) is 42.7 Å². The maximum absolute atomic E-state index is 12.4. The number of carbonyl (C=O) groups is 1. The highest BCUT2D eigenvalue weighted by Crippen LogP contribution is 2.37. The molecule has 1 rings (SSSR count). The Morgan fingerprint density at radius 3 is 2.35 bits per heavy atom. The van der Waals surface area contributed by atoms with Gasteiger partial charge in [0.1, 0.15) is 5.60 Å². The van der Waals surface area contributed by atoms with Crippen molar-refractivity contribution in [3.8, 4) is 0 Å². The van der Waals surface area contributed by atoms with Crippen LogP contribution in [0.2, 0.25) is 18.1 Å². The number of ether oxygens (including phenoxy) is 1. The van der Waals surface area contributed by atoms with Gasteiger partial charge in [-0.1, -0.05) is 44.1 Å². The summed E-state index contributed by atoms with van der Waals surface area (Å²) in [4.78, 5) is 15.1. The number of carbonyl (C=O) groups excluding carboxylic acids is 1. The van der Waals surface area contributed by atoms with Gasteiger partial charge in [-0.25, -0.2) is 4.79 Å². The van der Waals surface area contributed by atoms with Crippen molar-refractivity contribution in [3.05, 3.63) is 46.3 Å². The molecule has 144 valence electrons. The van der Waals surface area contributed by atoms with E-state index >= 15 is 0 Å². The number of azide groups is 1. The molecule has 0 aliphatic rings. The third-order valence-corrected chi connectivity index (χ3v) is 9.31. The topological polar surface area (TPSA) is 105 Å². The first-order valence-electron chi connectivity index (χ1n) is 8.54. The summed E-state index contributed by atoms with van der Waals surface area (Å²) in [6, 6.07) is 8.53. The van der Waals surface area contributed by atoms with Crippen molar-refractivity contribution in [2.75, 3.05) is 13.2 Å². The van der Waals surface area contributed by atoms with E-state index in [0.29, 0.717) is 5.56 Å². The van der Waals surface area contributed by atoms with Crippen molar-refractivity contribution >= 4 is 14.3 Å². The molecule has 8 heteroatoms. The van der Waals surface area contributed by atoms with Gasteiger partial charge < -0.3 is 14.3 Å². The number of nitrogens with zero attached hydrogens (tertiary/aromatic N) is 3. The molecule has 1 aromatic carbocycles. The van der Waals surface area contributed by atoms with Crippen molar-refractivity contribution in [1.29, 1.82) is 0 Å². The van der Waals surface area contributed by atoms with Crippen LogP contribution < -0.4 is 0 Å². The smallest absolute Gasteiger partial charge is 0.338 e. The minimum atomic E-state index is -2.11. The second-order valence-electron chi connectivity index (χ2n) is 8.08. The molecular weight excluding hydrogens is 350 g/mol. The zero-order valence-corrected chi connectivity index (χ0v) is 17.4. The Morgan fingerprint density at radius 2 is 1.85 bits per heavy atom. The monoisotopic (exact) mass is 379 g/mol. The fourth-order valence-electron chi connectivity index (χ4n) is 1.89. The molecule has 0 amide bonds. The summed E-state index contributed by atoms with van der Waals surface area (Å²) >= 11 is 0. The first-order valence-corrected chi connectivity index (χ1v) is 11.4. The number of hydrogen-bond donors (Lipinski definition) is 1. The number of aliphatic hydroxyl groups is 1. The zero-order chi connectivity index (χ0) is 20.0. The van der Waals surface area contributed by atoms with Crippen molar-refractivity contribution < 1.29 is 19.1 Å². The molecule has 0 heterocycles. The summed E-state index contributed by atoms with van der Waals surface area (Å²) in [6.07, 6.45) is -0.963. The van der Waals surface area contributed by atoms with E-state index in [9.17, 15) is 9.90 Å². The lowest BCUT2D eigenvalue weighted by Crippen LogP contribution is -2.51. The van der Waals surface area contributed by atoms with Crippen LogP contribution in [-0.2, 0) is 9.16 Å². The van der Waals surface area contributed by atoms with E-state index in [1.807, 2.05) is 0 Å². The van der Waals surface area contributed by atoms with Gasteiger partial charge >= 0.3 is 5.97 Å². The lowest BCUT2D eigenvalue weighted by atomic mass is 10.00. The Hall–Kier alpha value is -1.86. The van der Waals surface area contributed by atoms with E-state index in [1.165, 1.54) is 6.92 Å². The molecule has 1 N–H and O–H groups in total. The number of rotatable bonds is 8. The number of benzene rings is 1. The Balaban J connectivity index is 2.99. The zero-order valence-electron chi connectivity index (χ0n) is 16.4. The quantitative estimate of drug-likeness (QED) is 0.239. The summed E-state index contributed by atoms with van der Waals surface area (Å²) in [5.74, 6) is -0.560. The van der Waals surface area contributed by atoms with E-state index in [-0.39, 0.29) is 18.2 Å². The normalized spacial score (nSPS) is 15.5. The molecule has 2 atom stereocenters. The van der Waals surface area contributed by atoms with E-state index in [4.69, 9.17) is 14.7 Å². The van der Waals surface area contributed by atoms with E-state index < -0.39 is 26.0 Å². The first-order chi connectivity index (χ1) is 11.9. The molecule has 7 nitrogen and oxygen atoms in total. The van der Waals surface area contributed by atoms with Gasteiger partial charge in [-0.15, -0.1) is 0 Å². The van der Waals surface area contributed by atoms with Crippen LogP contribution in [0.3, 0.4) is 0 Å². The van der Waals surface area contributed by atoms with Gasteiger partial charge in [0.25, 0.3) is 0 Å². The van der Waals surface area contributed by atoms with Gasteiger partial charge in [0, 0.05) is 4.91 Å². The second-order valence-corrected chi connectivity index (χ2v) is 12.9. The first kappa shape index (κ1) is 22.2. The predicted octanol–water partition coefficient (Wildman–Crippen LogP) is 4.30. The van der Waals surface area contributed by atoms with Crippen LogP contribution in [0.25, 0.3) is 10.4 Å². The molecule has 0 aliphatic heterocycles. The van der Waals surface area contributed by atoms with Crippen LogP contribution in [-0.4, -0.2) is 44.2 Å². The largest absolute Gasteiger partial charge is 0.453 e. The predicted molar refractivity (Wildman–Crippen MR) is 103 cm³/mol. The highest BCUT2D eigenvalue weighted by molar-refractivity contribution is 6.74. The minimum Gasteiger partial charge on any atom is -0.453 e. The highest BCUT2D eigenvalue weighted by Gasteiger charge is 2.41. The lowest BCUT2D eigenvalue weighted by Gasteiger charge is -2.39. The lowest BCUT2D eigenvalue weighted by molar-refractivity contribution is -0.0858. The molecule has 0 bridgehead atoms. The van der Waals surface area contributed by atoms with Gasteiger partial charge in [0.2, 0.25) is 0 Å². The summed E-state index contributed by atoms with van der Waals surface area (Å²) in [5.41, 5.74) is 7.39. The molecular formula is C18H29N3O4Si. The molecule has 0 saturated heterocycles. The Kier molecular flexibility index (Phi) is 7.41. The van der Waals surface area contributed by atoms with Crippen molar-refractivity contribution in [2.24, 2.45) is 5.11 Å². The molecule has 0 spiro atoms. The van der Waals surface area contributed by atoms with Gasteiger partial charge in [-0.2, -0.15) is 0 Å². The van der Waals surface area contributed by atoms with Gasteiger partial charge in [0.05, 0.1) is 18.7 Å². The van der Waals surface area contributed by atoms with Gasteiger partial charge in [0.15, 0.2) is 14.4 Å². The average Bonchev–Trinajstić information content (AvgIpc) is 2.56. The van der Waals surface area contributed by atoms with E-state index in [0.717, 1.165) is 0 Å². The Labute approximate surface area is 156 Å². The van der Waals surface area contributed by atoms with Crippen molar-refractivity contribution in [2.45, 2.75) is 57.5 Å². The third kappa shape index (κ3) is 6.14. The molecule has 0 radical (unpaired) electrons. The van der Waals surface area contributed by atoms with Crippen molar-refractivity contribution in [3.63, 3.8) is 0 Å². The molecule has 0 aromatic heterocycles. The Morgan fingerprint density at radius 1 is 1.27 bits per heavy atom. The fraction of sp³-hybridized carbons (Fsp3) is 0.611. The van der Waals surface area contributed by atoms with Crippen LogP contribution in [0, 0.1) is 0 Å². The molecule has 0 saturated carbocycles. The number of esters is 1. The third-order valence-electron chi connectivity index (χ3n) is 4.81. The standard InChI is InChI=1S/C18H29N3O4Si/c1-17(2,3)26(5,6)24-12-15(18(4,23)13-20-21-19)25-16(22)14-10-8-7-9-11-14/h7-11,15,23H,12-13H2,1-6H3/t15-,18+/m1/s1. The second kappa shape index (κ2) is 8.68. The minimum absolute atomic E-state index is 0.0301. The van der Waals surface area contributed by atoms with Crippen molar-refractivity contribution in [1.82, 2.24) is 0 Å². The van der Waals surface area contributed by atoms with E-state index in [1.54, 1.807) is 30.3 Å². The van der Waals surface area contributed by atoms with E-state index in [2.05, 4.69) is 43.9 Å². The summed E-state index contributed by atoms with van der Waals surface area (Å²) in [5, 5.41) is 14.1. The molecule has 1 aromatic rings. The van der Waals surface area contributed by atoms with Crippen LogP contribution in [0.1, 0.15) is 38.1 Å². The maximum atomic E-state index is 12.4. The number of hydrogen-bond acceptors (Lipinski definition) is 5. The summed E-state index contributed by atoms with van der Waals surface area (Å²) in [7, 11) is -2.11. The highest BCUT2D eigenvalue weighted by atomic mass is 28.4. The van der Waals surface area contributed by atoms with Crippen LogP contribution in [0.5, 0.6) is 0 Å². The van der Waals surface area contributed by atoms with Crippen LogP contribution in [0.4, 0.5) is 0 Å². The molecule has 0 fully saturated rings. The average molecular weight is 380 g/mol. The van der Waals surface area contributed by atoms with Gasteiger partial charge in [-0.3, -0.25) is 0 Å². The maximum Gasteiger partial charge on any atom is 0.338 e. The van der Waals surface area contributed by atoms with Crippen LogP contribution in [0.15, 0.2) is 35.4 Å². The summed E-state index contributed by atoms with van der Waals surface area (Å²) < 4.78 is 11.7. The molecule has 0 aliphatic carbocycles. The van der Waals surface area contributed by atoms with Crippen LogP contribution >= 0.6 is 0 Å². The SMILES string of the molecule is CC(C)(C)[Si](C)(C)OC[C@@H](OC(=O)c1ccccc1)[C@@](C)(O)CN=[N+]=[N-]. The molecule has 26 heavy (non-hydrogen) atoms. The molecule has 0 unspecified atom stereocenters.